The van der Waals surface area contributed by atoms with Crippen LogP contribution in [0.15, 0.2) is 23.0 Å². The van der Waals surface area contributed by atoms with Gasteiger partial charge in [-0.1, -0.05) is 30.2 Å². The number of alkyl halides is 2. The van der Waals surface area contributed by atoms with Gasteiger partial charge in [-0.25, -0.2) is 13.8 Å². The molecular formula is C27H37F2N3O4S. The second-order valence-electron chi connectivity index (χ2n) is 10.4. The summed E-state index contributed by atoms with van der Waals surface area (Å²) in [6.45, 7) is 3.66. The number of pyridine rings is 1. The largest absolute Gasteiger partial charge is 0.464 e. The highest BCUT2D eigenvalue weighted by atomic mass is 32.1. The maximum atomic E-state index is 13.1. The molecule has 204 valence electrons. The van der Waals surface area contributed by atoms with Crippen LogP contribution in [0, 0.1) is 11.8 Å². The van der Waals surface area contributed by atoms with Gasteiger partial charge in [-0.3, -0.25) is 14.5 Å². The van der Waals surface area contributed by atoms with Crippen molar-refractivity contribution in [1.82, 2.24) is 14.5 Å². The quantitative estimate of drug-likeness (QED) is 0.362. The maximum Gasteiger partial charge on any atom is 0.278 e. The number of ketones is 1. The summed E-state index contributed by atoms with van der Waals surface area (Å²) >= 11 is 1.39. The van der Waals surface area contributed by atoms with E-state index in [9.17, 15) is 18.4 Å². The second-order valence-corrected chi connectivity index (χ2v) is 11.5. The lowest BCUT2D eigenvalue weighted by molar-refractivity contribution is -0.0230. The molecule has 0 aromatic carbocycles. The number of Topliss-reactive ketones (excluding diaryl/α,β-unsaturated/α-hetero) is 1. The minimum Gasteiger partial charge on any atom is -0.464 e. The molecule has 0 saturated heterocycles. The summed E-state index contributed by atoms with van der Waals surface area (Å²) in [5.74, 6) is -1.82. The van der Waals surface area contributed by atoms with E-state index in [2.05, 4.69) is 9.88 Å². The highest BCUT2D eigenvalue weighted by Gasteiger charge is 2.27. The van der Waals surface area contributed by atoms with E-state index in [1.165, 1.54) is 22.0 Å². The molecule has 1 aliphatic carbocycles. The van der Waals surface area contributed by atoms with Crippen molar-refractivity contribution < 1.29 is 23.0 Å². The normalized spacial score (nSPS) is 20.5. The Morgan fingerprint density at radius 3 is 2.68 bits per heavy atom. The van der Waals surface area contributed by atoms with E-state index in [-0.39, 0.29) is 11.3 Å². The summed E-state index contributed by atoms with van der Waals surface area (Å²) in [7, 11) is 1.58. The predicted molar refractivity (Wildman–Crippen MR) is 139 cm³/mol. The molecule has 4 rings (SSSR count). The van der Waals surface area contributed by atoms with Crippen LogP contribution < -0.4 is 10.3 Å². The first kappa shape index (κ1) is 27.9. The van der Waals surface area contributed by atoms with Crippen molar-refractivity contribution in [3.63, 3.8) is 0 Å². The maximum absolute atomic E-state index is 13.1. The van der Waals surface area contributed by atoms with Crippen molar-refractivity contribution in [2.75, 3.05) is 33.4 Å². The van der Waals surface area contributed by atoms with E-state index < -0.39 is 12.5 Å². The number of methoxy groups -OCH3 is 1. The Balaban J connectivity index is 1.20. The lowest BCUT2D eigenvalue weighted by Gasteiger charge is -2.31. The molecule has 0 radical (unpaired) electrons. The molecule has 0 N–H and O–H groups in total. The Labute approximate surface area is 220 Å². The van der Waals surface area contributed by atoms with Crippen molar-refractivity contribution in [2.24, 2.45) is 11.8 Å². The Morgan fingerprint density at radius 1 is 1.19 bits per heavy atom. The van der Waals surface area contributed by atoms with Crippen LogP contribution in [0.2, 0.25) is 0 Å². The highest BCUT2D eigenvalue weighted by Crippen LogP contribution is 2.35. The van der Waals surface area contributed by atoms with E-state index in [1.54, 1.807) is 19.2 Å². The molecule has 1 fully saturated rings. The third-order valence-electron chi connectivity index (χ3n) is 7.38. The zero-order valence-electron chi connectivity index (χ0n) is 21.7. The van der Waals surface area contributed by atoms with Crippen molar-refractivity contribution >= 4 is 17.1 Å². The average molecular weight is 538 g/mol. The van der Waals surface area contributed by atoms with Gasteiger partial charge in [-0.05, 0) is 50.1 Å². The van der Waals surface area contributed by atoms with Gasteiger partial charge < -0.3 is 14.0 Å². The van der Waals surface area contributed by atoms with E-state index in [1.807, 2.05) is 0 Å². The zero-order valence-corrected chi connectivity index (χ0v) is 22.5. The monoisotopic (exact) mass is 537 g/mol. The lowest BCUT2D eigenvalue weighted by atomic mass is 9.78. The van der Waals surface area contributed by atoms with Crippen LogP contribution in [0.3, 0.4) is 0 Å². The molecule has 1 aliphatic heterocycles. The van der Waals surface area contributed by atoms with E-state index in [4.69, 9.17) is 9.47 Å². The number of nitrogens with zero attached hydrogens (tertiary/aromatic N) is 3. The molecule has 10 heteroatoms. The van der Waals surface area contributed by atoms with Crippen LogP contribution in [0.5, 0.6) is 5.19 Å². The number of carbonyl (C=O) groups is 1. The first-order chi connectivity index (χ1) is 17.7. The molecule has 2 aliphatic rings. The zero-order chi connectivity index (χ0) is 26.4. The second kappa shape index (κ2) is 12.6. The summed E-state index contributed by atoms with van der Waals surface area (Å²) < 4.78 is 38.0. The Morgan fingerprint density at radius 2 is 1.95 bits per heavy atom. The van der Waals surface area contributed by atoms with Crippen LogP contribution >= 0.6 is 11.3 Å². The predicted octanol–water partition coefficient (Wildman–Crippen LogP) is 4.81. The fourth-order valence-corrected chi connectivity index (χ4v) is 6.21. The van der Waals surface area contributed by atoms with Crippen LogP contribution in [-0.4, -0.2) is 59.6 Å². The van der Waals surface area contributed by atoms with Crippen molar-refractivity contribution in [2.45, 2.75) is 70.9 Å². The van der Waals surface area contributed by atoms with Crippen molar-refractivity contribution in [1.29, 1.82) is 0 Å². The fourth-order valence-electron chi connectivity index (χ4n) is 5.30. The number of fused-ring (bicyclic) bond motifs is 1. The number of rotatable bonds is 12. The van der Waals surface area contributed by atoms with Gasteiger partial charge in [-0.2, -0.15) is 0 Å². The third kappa shape index (κ3) is 7.91. The number of carbonyl (C=O) groups excluding carboxylic acids is 1. The minimum absolute atomic E-state index is 0.0376. The summed E-state index contributed by atoms with van der Waals surface area (Å²) in [6, 6.07) is 4.88. The Bertz CT molecular complexity index is 1110. The van der Waals surface area contributed by atoms with Gasteiger partial charge in [0.1, 0.15) is 0 Å². The van der Waals surface area contributed by atoms with Crippen LogP contribution in [0.4, 0.5) is 8.78 Å². The van der Waals surface area contributed by atoms with Crippen LogP contribution in [0.1, 0.15) is 66.5 Å². The summed E-state index contributed by atoms with van der Waals surface area (Å²) in [5.41, 5.74) is 1.27. The number of hydrogen-bond acceptors (Lipinski definition) is 7. The smallest absolute Gasteiger partial charge is 0.278 e. The van der Waals surface area contributed by atoms with E-state index in [0.717, 1.165) is 75.7 Å². The molecule has 2 aromatic heterocycles. The number of hydrogen-bond donors (Lipinski definition) is 0. The number of halogens is 2. The molecule has 0 atom stereocenters. The van der Waals surface area contributed by atoms with Gasteiger partial charge in [0, 0.05) is 51.0 Å². The standard InChI is InChI=1S/C27H37F2N3O4S/c1-27(28,29)18-36-26-30-21-17-31(13-11-24(21)37-26)12-10-19-6-8-20(9-7-19)16-23(33)22-4-3-5-25(34)32(22)14-15-35-2/h3-5,19-20H,6-18H2,1-2H3. The first-order valence-corrected chi connectivity index (χ1v) is 14.0. The summed E-state index contributed by atoms with van der Waals surface area (Å²) in [5, 5.41) is 0.340. The Kier molecular flexibility index (Phi) is 9.47. The molecule has 0 unspecified atom stereocenters. The average Bonchev–Trinajstić information content (AvgIpc) is 3.28. The fraction of sp³-hybridized carbons (Fsp3) is 0.667. The van der Waals surface area contributed by atoms with Gasteiger partial charge in [-0.15, -0.1) is 0 Å². The van der Waals surface area contributed by atoms with Gasteiger partial charge in [0.25, 0.3) is 16.7 Å². The lowest BCUT2D eigenvalue weighted by Crippen LogP contribution is -2.32. The SMILES string of the molecule is COCCn1c(C(=O)CC2CCC(CCN3CCc4sc(OCC(C)(F)F)nc4C3)CC2)cccc1=O. The number of ether oxygens (including phenoxy) is 2. The van der Waals surface area contributed by atoms with Crippen molar-refractivity contribution in [3.05, 3.63) is 44.8 Å². The van der Waals surface area contributed by atoms with Gasteiger partial charge in [0.15, 0.2) is 12.4 Å². The first-order valence-electron chi connectivity index (χ1n) is 13.2. The molecule has 7 nitrogen and oxygen atoms in total. The van der Waals surface area contributed by atoms with E-state index in [0.29, 0.717) is 42.3 Å². The van der Waals surface area contributed by atoms with Crippen LogP contribution in [0.25, 0.3) is 0 Å². The van der Waals surface area contributed by atoms with Crippen molar-refractivity contribution in [3.8, 4) is 5.19 Å². The molecule has 1 saturated carbocycles. The molecule has 0 amide bonds. The molecular weight excluding hydrogens is 500 g/mol. The van der Waals surface area contributed by atoms with E-state index >= 15 is 0 Å². The van der Waals surface area contributed by atoms with Gasteiger partial charge in [0.2, 0.25) is 0 Å². The minimum atomic E-state index is -2.86. The molecule has 37 heavy (non-hydrogen) atoms. The molecule has 3 heterocycles. The molecule has 0 spiro atoms. The summed E-state index contributed by atoms with van der Waals surface area (Å²) in [6.07, 6.45) is 6.76. The van der Waals surface area contributed by atoms with Gasteiger partial charge in [0.05, 0.1) is 18.0 Å². The molecule has 2 aromatic rings. The highest BCUT2D eigenvalue weighted by molar-refractivity contribution is 7.13. The topological polar surface area (TPSA) is 73.7 Å². The number of thiazole rings is 1. The van der Waals surface area contributed by atoms with Crippen LogP contribution in [-0.2, 0) is 24.2 Å². The van der Waals surface area contributed by atoms with Gasteiger partial charge >= 0.3 is 0 Å². The Hall–Kier alpha value is -2.17. The number of aromatic nitrogens is 2. The summed E-state index contributed by atoms with van der Waals surface area (Å²) in [4.78, 5) is 33.2. The molecule has 0 bridgehead atoms. The third-order valence-corrected chi connectivity index (χ3v) is 8.45.